The highest BCUT2D eigenvalue weighted by atomic mass is 35.5. The van der Waals surface area contributed by atoms with Gasteiger partial charge < -0.3 is 19.4 Å². The Kier molecular flexibility index (Phi) is 4.57. The number of hydrogen-bond acceptors (Lipinski definition) is 6. The zero-order valence-corrected chi connectivity index (χ0v) is 9.89. The van der Waals surface area contributed by atoms with Gasteiger partial charge in [-0.1, -0.05) is 11.6 Å². The number of carbonyl (C=O) groups is 2. The van der Waals surface area contributed by atoms with Gasteiger partial charge in [0.1, 0.15) is 12.4 Å². The molecule has 0 aliphatic rings. The van der Waals surface area contributed by atoms with Gasteiger partial charge in [0.25, 0.3) is 0 Å². The fourth-order valence-corrected chi connectivity index (χ4v) is 1.98. The van der Waals surface area contributed by atoms with Gasteiger partial charge in [0.2, 0.25) is 0 Å². The lowest BCUT2D eigenvalue weighted by Gasteiger charge is -2.06. The van der Waals surface area contributed by atoms with Crippen LogP contribution < -0.4 is 9.84 Å². The molecule has 0 aliphatic carbocycles. The van der Waals surface area contributed by atoms with E-state index >= 15 is 0 Å². The molecule has 0 aromatic carbocycles. The number of esters is 1. The summed E-state index contributed by atoms with van der Waals surface area (Å²) < 4.78 is 9.92. The molecule has 0 bridgehead atoms. The molecule has 0 aliphatic heterocycles. The number of halogens is 1. The van der Waals surface area contributed by atoms with E-state index in [0.717, 1.165) is 11.3 Å². The summed E-state index contributed by atoms with van der Waals surface area (Å²) >= 11 is 6.66. The average molecular weight is 264 g/mol. The van der Waals surface area contributed by atoms with Crippen LogP contribution in [-0.4, -0.2) is 25.2 Å². The molecule has 0 fully saturated rings. The van der Waals surface area contributed by atoms with Gasteiger partial charge in [0, 0.05) is 6.07 Å². The van der Waals surface area contributed by atoms with Crippen molar-refractivity contribution >= 4 is 34.9 Å². The first-order valence-electron chi connectivity index (χ1n) is 4.33. The summed E-state index contributed by atoms with van der Waals surface area (Å²) in [6, 6.07) is 1.36. The number of hydrogen-bond donors (Lipinski definition) is 0. The minimum Gasteiger partial charge on any atom is -0.546 e. The highest BCUT2D eigenvalue weighted by Crippen LogP contribution is 2.33. The Morgan fingerprint density at radius 2 is 2.25 bits per heavy atom. The van der Waals surface area contributed by atoms with E-state index in [1.807, 2.05) is 0 Å². The maximum Gasteiger partial charge on any atom is 0.352 e. The Morgan fingerprint density at radius 1 is 1.56 bits per heavy atom. The van der Waals surface area contributed by atoms with Crippen molar-refractivity contribution in [1.29, 1.82) is 0 Å². The quantitative estimate of drug-likeness (QED) is 0.731. The molecule has 1 aromatic heterocycles. The molecule has 5 nitrogen and oxygen atoms in total. The van der Waals surface area contributed by atoms with Crippen LogP contribution in [0.15, 0.2) is 6.07 Å². The number of ether oxygens (including phenoxy) is 2. The Bertz CT molecular complexity index is 401. The summed E-state index contributed by atoms with van der Waals surface area (Å²) in [5, 5.41) is 10.2. The molecule has 88 valence electrons. The van der Waals surface area contributed by atoms with Gasteiger partial charge in [-0.3, -0.25) is 0 Å². The number of carboxylic acid groups (broad SMARTS) is 1. The normalized spacial score (nSPS) is 9.88. The molecule has 16 heavy (non-hydrogen) atoms. The first kappa shape index (κ1) is 12.8. The van der Waals surface area contributed by atoms with Crippen LogP contribution in [0.25, 0.3) is 0 Å². The van der Waals surface area contributed by atoms with Crippen LogP contribution in [0.4, 0.5) is 0 Å². The van der Waals surface area contributed by atoms with Gasteiger partial charge in [-0.15, -0.1) is 11.3 Å². The predicted octanol–water partition coefficient (Wildman–Crippen LogP) is 0.707. The monoisotopic (exact) mass is 263 g/mol. The molecule has 0 amide bonds. The number of thiophene rings is 1. The molecular formula is C9H8ClO5S-. The Balaban J connectivity index is 2.82. The third-order valence-electron chi connectivity index (χ3n) is 1.47. The maximum absolute atomic E-state index is 11.4. The lowest BCUT2D eigenvalue weighted by molar-refractivity contribution is -0.307. The van der Waals surface area contributed by atoms with Crippen molar-refractivity contribution in [2.45, 2.75) is 6.92 Å². The van der Waals surface area contributed by atoms with Gasteiger partial charge in [0.15, 0.2) is 4.88 Å². The van der Waals surface area contributed by atoms with Gasteiger partial charge in [-0.05, 0) is 6.92 Å². The van der Waals surface area contributed by atoms with E-state index in [1.54, 1.807) is 6.92 Å². The number of carbonyl (C=O) groups excluding carboxylic acids is 2. The largest absolute Gasteiger partial charge is 0.546 e. The van der Waals surface area contributed by atoms with Crippen LogP contribution in [0.1, 0.15) is 16.6 Å². The number of rotatable bonds is 5. The van der Waals surface area contributed by atoms with E-state index in [-0.39, 0.29) is 17.2 Å². The van der Waals surface area contributed by atoms with Crippen molar-refractivity contribution in [3.05, 3.63) is 15.3 Å². The maximum atomic E-state index is 11.4. The minimum atomic E-state index is -1.38. The summed E-state index contributed by atoms with van der Waals surface area (Å²) in [5.74, 6) is -1.87. The van der Waals surface area contributed by atoms with Gasteiger partial charge in [0.05, 0.1) is 16.9 Å². The van der Waals surface area contributed by atoms with Gasteiger partial charge in [-0.25, -0.2) is 4.79 Å². The van der Waals surface area contributed by atoms with Crippen molar-refractivity contribution in [3.63, 3.8) is 0 Å². The molecule has 1 heterocycles. The summed E-state index contributed by atoms with van der Waals surface area (Å²) in [6.45, 7) is 1.24. The summed E-state index contributed by atoms with van der Waals surface area (Å²) in [5.41, 5.74) is 0. The topological polar surface area (TPSA) is 75.7 Å². The molecule has 0 radical (unpaired) electrons. The average Bonchev–Trinajstić information content (AvgIpc) is 2.57. The zero-order chi connectivity index (χ0) is 12.1. The predicted molar refractivity (Wildman–Crippen MR) is 55.8 cm³/mol. The van der Waals surface area contributed by atoms with Crippen LogP contribution in [0.2, 0.25) is 4.34 Å². The molecule has 1 rings (SSSR count). The van der Waals surface area contributed by atoms with E-state index in [9.17, 15) is 14.7 Å². The number of aliphatic carboxylic acids is 1. The van der Waals surface area contributed by atoms with Crippen molar-refractivity contribution in [1.82, 2.24) is 0 Å². The molecule has 0 atom stereocenters. The fourth-order valence-electron chi connectivity index (χ4n) is 0.929. The summed E-state index contributed by atoms with van der Waals surface area (Å²) in [6.07, 6.45) is 0. The van der Waals surface area contributed by atoms with Crippen LogP contribution in [0.3, 0.4) is 0 Å². The van der Waals surface area contributed by atoms with E-state index in [0.29, 0.717) is 4.34 Å². The second kappa shape index (κ2) is 5.72. The Morgan fingerprint density at radius 3 is 2.81 bits per heavy atom. The Hall–Kier alpha value is -1.27. The Labute approximate surface area is 101 Å². The van der Waals surface area contributed by atoms with Crippen LogP contribution in [0, 0.1) is 0 Å². The van der Waals surface area contributed by atoms with Crippen molar-refractivity contribution < 1.29 is 24.2 Å². The molecule has 1 aromatic rings. The molecular weight excluding hydrogens is 256 g/mol. The highest BCUT2D eigenvalue weighted by molar-refractivity contribution is 7.18. The van der Waals surface area contributed by atoms with Crippen molar-refractivity contribution in [2.75, 3.05) is 13.2 Å². The van der Waals surface area contributed by atoms with E-state index < -0.39 is 18.5 Å². The van der Waals surface area contributed by atoms with Crippen molar-refractivity contribution in [3.8, 4) is 5.75 Å². The van der Waals surface area contributed by atoms with E-state index in [1.165, 1.54) is 6.07 Å². The molecule has 0 saturated heterocycles. The fraction of sp³-hybridized carbons (Fsp3) is 0.333. The lowest BCUT2D eigenvalue weighted by atomic mass is 10.4. The van der Waals surface area contributed by atoms with E-state index in [2.05, 4.69) is 0 Å². The summed E-state index contributed by atoms with van der Waals surface area (Å²) in [4.78, 5) is 21.8. The third-order valence-corrected chi connectivity index (χ3v) is 2.70. The third kappa shape index (κ3) is 3.39. The SMILES string of the molecule is CCOC(=O)c1sc(Cl)cc1OCC(=O)[O-]. The smallest absolute Gasteiger partial charge is 0.352 e. The molecule has 0 unspecified atom stereocenters. The number of carboxylic acids is 1. The second-order valence-corrected chi connectivity index (χ2v) is 4.31. The van der Waals surface area contributed by atoms with Gasteiger partial charge in [-0.2, -0.15) is 0 Å². The minimum absolute atomic E-state index is 0.0950. The molecule has 0 saturated carbocycles. The highest BCUT2D eigenvalue weighted by Gasteiger charge is 2.18. The summed E-state index contributed by atoms with van der Waals surface area (Å²) in [7, 11) is 0. The molecule has 0 spiro atoms. The van der Waals surface area contributed by atoms with E-state index in [4.69, 9.17) is 21.1 Å². The van der Waals surface area contributed by atoms with Gasteiger partial charge >= 0.3 is 5.97 Å². The van der Waals surface area contributed by atoms with Crippen LogP contribution >= 0.6 is 22.9 Å². The van der Waals surface area contributed by atoms with Crippen LogP contribution in [0.5, 0.6) is 5.75 Å². The molecule has 7 heteroatoms. The zero-order valence-electron chi connectivity index (χ0n) is 8.32. The van der Waals surface area contributed by atoms with Crippen LogP contribution in [-0.2, 0) is 9.53 Å². The lowest BCUT2D eigenvalue weighted by Crippen LogP contribution is -2.29. The first-order valence-corrected chi connectivity index (χ1v) is 5.53. The van der Waals surface area contributed by atoms with Crippen molar-refractivity contribution in [2.24, 2.45) is 0 Å². The molecule has 0 N–H and O–H groups in total. The first-order chi connectivity index (χ1) is 7.54. The standard InChI is InChI=1S/C9H9ClO5S/c1-2-14-9(13)8-5(3-6(10)16-8)15-4-7(11)12/h3H,2,4H2,1H3,(H,11,12)/p-1. The second-order valence-electron chi connectivity index (χ2n) is 2.63.